The number of amides is 2. The lowest BCUT2D eigenvalue weighted by atomic mass is 10.1. The van der Waals surface area contributed by atoms with Gasteiger partial charge in [0.25, 0.3) is 5.91 Å². The molecule has 6 nitrogen and oxygen atoms in total. The van der Waals surface area contributed by atoms with Gasteiger partial charge >= 0.3 is 0 Å². The molecule has 1 aliphatic heterocycles. The number of para-hydroxylation sites is 1. The Bertz CT molecular complexity index is 716. The van der Waals surface area contributed by atoms with Crippen molar-refractivity contribution in [3.8, 4) is 5.69 Å². The molecule has 0 spiro atoms. The monoisotopic (exact) mass is 326 g/mol. The van der Waals surface area contributed by atoms with Crippen LogP contribution in [0.25, 0.3) is 5.69 Å². The lowest BCUT2D eigenvalue weighted by Gasteiger charge is -2.35. The maximum Gasteiger partial charge on any atom is 0.272 e. The molecule has 0 atom stereocenters. The van der Waals surface area contributed by atoms with Crippen molar-refractivity contribution < 1.29 is 9.59 Å². The molecule has 6 heteroatoms. The maximum atomic E-state index is 12.8. The van der Waals surface area contributed by atoms with Crippen LogP contribution in [0, 0.1) is 5.92 Å². The number of hydrogen-bond donors (Lipinski definition) is 0. The predicted octanol–water partition coefficient (Wildman–Crippen LogP) is 1.81. The Labute approximate surface area is 141 Å². The average molecular weight is 326 g/mol. The summed E-state index contributed by atoms with van der Waals surface area (Å²) in [6.45, 7) is 6.08. The summed E-state index contributed by atoms with van der Waals surface area (Å²) in [7, 11) is 0. The minimum absolute atomic E-state index is 0.00763. The highest BCUT2D eigenvalue weighted by Crippen LogP contribution is 2.15. The molecule has 1 saturated heterocycles. The Morgan fingerprint density at radius 3 is 2.25 bits per heavy atom. The number of rotatable bonds is 3. The summed E-state index contributed by atoms with van der Waals surface area (Å²) in [5, 5.41) is 0. The van der Waals surface area contributed by atoms with Gasteiger partial charge in [0.1, 0.15) is 5.69 Å². The van der Waals surface area contributed by atoms with E-state index < -0.39 is 0 Å². The fourth-order valence-electron chi connectivity index (χ4n) is 2.90. The van der Waals surface area contributed by atoms with Gasteiger partial charge < -0.3 is 9.80 Å². The average Bonchev–Trinajstić information content (AvgIpc) is 3.11. The Morgan fingerprint density at radius 2 is 1.62 bits per heavy atom. The van der Waals surface area contributed by atoms with Crippen LogP contribution in [-0.2, 0) is 4.79 Å². The van der Waals surface area contributed by atoms with Crippen molar-refractivity contribution in [3.63, 3.8) is 0 Å². The van der Waals surface area contributed by atoms with Crippen LogP contribution in [0.5, 0.6) is 0 Å². The van der Waals surface area contributed by atoms with Crippen LogP contribution in [0.2, 0.25) is 0 Å². The number of hydrogen-bond acceptors (Lipinski definition) is 3. The third-order valence-electron chi connectivity index (χ3n) is 4.26. The smallest absolute Gasteiger partial charge is 0.272 e. The molecule has 2 heterocycles. The second-order valence-electron chi connectivity index (χ2n) is 6.26. The summed E-state index contributed by atoms with van der Waals surface area (Å²) in [6, 6.07) is 9.68. The van der Waals surface area contributed by atoms with Crippen molar-refractivity contribution in [2.24, 2.45) is 5.92 Å². The summed E-state index contributed by atoms with van der Waals surface area (Å²) in [6.07, 6.45) is 3.25. The maximum absolute atomic E-state index is 12.8. The molecule has 0 unspecified atom stereocenters. The van der Waals surface area contributed by atoms with Crippen molar-refractivity contribution in [1.82, 2.24) is 19.4 Å². The molecule has 1 aliphatic rings. The lowest BCUT2D eigenvalue weighted by Crippen LogP contribution is -2.51. The fraction of sp³-hybridized carbons (Fsp3) is 0.389. The van der Waals surface area contributed by atoms with Gasteiger partial charge in [0.15, 0.2) is 0 Å². The van der Waals surface area contributed by atoms with Gasteiger partial charge in [0.05, 0.1) is 12.5 Å². The molecule has 2 amide bonds. The highest BCUT2D eigenvalue weighted by molar-refractivity contribution is 5.93. The van der Waals surface area contributed by atoms with Crippen molar-refractivity contribution in [3.05, 3.63) is 48.5 Å². The first kappa shape index (κ1) is 16.2. The zero-order chi connectivity index (χ0) is 17.1. The first-order valence-electron chi connectivity index (χ1n) is 8.23. The third kappa shape index (κ3) is 3.18. The van der Waals surface area contributed by atoms with Crippen LogP contribution in [0.1, 0.15) is 24.3 Å². The van der Waals surface area contributed by atoms with Gasteiger partial charge in [-0.15, -0.1) is 0 Å². The number of aromatic nitrogens is 2. The first-order chi connectivity index (χ1) is 11.6. The lowest BCUT2D eigenvalue weighted by molar-refractivity contribution is -0.135. The predicted molar refractivity (Wildman–Crippen MR) is 90.9 cm³/mol. The molecular formula is C18H22N4O2. The van der Waals surface area contributed by atoms with E-state index in [1.165, 1.54) is 0 Å². The van der Waals surface area contributed by atoms with Gasteiger partial charge in [0.2, 0.25) is 5.91 Å². The summed E-state index contributed by atoms with van der Waals surface area (Å²) in [5.74, 6) is 0.0937. The van der Waals surface area contributed by atoms with Gasteiger partial charge in [-0.1, -0.05) is 32.0 Å². The van der Waals surface area contributed by atoms with Gasteiger partial charge in [-0.25, -0.2) is 4.98 Å². The summed E-state index contributed by atoms with van der Waals surface area (Å²) >= 11 is 0. The zero-order valence-corrected chi connectivity index (χ0v) is 14.1. The fourth-order valence-corrected chi connectivity index (χ4v) is 2.90. The van der Waals surface area contributed by atoms with E-state index in [-0.39, 0.29) is 17.7 Å². The third-order valence-corrected chi connectivity index (χ3v) is 4.26. The Hall–Kier alpha value is -2.63. The largest absolute Gasteiger partial charge is 0.339 e. The number of piperazine rings is 1. The number of carbonyl (C=O) groups is 2. The normalized spacial score (nSPS) is 15.0. The van der Waals surface area contributed by atoms with Crippen LogP contribution in [0.3, 0.4) is 0 Å². The van der Waals surface area contributed by atoms with E-state index in [0.29, 0.717) is 31.9 Å². The second kappa shape index (κ2) is 6.86. The molecule has 2 aromatic rings. The molecule has 126 valence electrons. The Balaban J connectivity index is 1.71. The molecule has 1 aromatic carbocycles. The van der Waals surface area contributed by atoms with Crippen molar-refractivity contribution >= 4 is 11.8 Å². The molecule has 0 saturated carbocycles. The zero-order valence-electron chi connectivity index (χ0n) is 14.1. The van der Waals surface area contributed by atoms with Gasteiger partial charge in [-0.2, -0.15) is 0 Å². The van der Waals surface area contributed by atoms with Crippen LogP contribution in [-0.4, -0.2) is 57.3 Å². The minimum atomic E-state index is -0.0481. The molecule has 1 fully saturated rings. The second-order valence-corrected chi connectivity index (χ2v) is 6.26. The molecular weight excluding hydrogens is 304 g/mol. The summed E-state index contributed by atoms with van der Waals surface area (Å²) in [5.41, 5.74) is 1.46. The number of imidazole rings is 1. The molecule has 0 bridgehead atoms. The quantitative estimate of drug-likeness (QED) is 0.864. The molecule has 0 aliphatic carbocycles. The van der Waals surface area contributed by atoms with Gasteiger partial charge in [-0.3, -0.25) is 14.2 Å². The van der Waals surface area contributed by atoms with E-state index in [4.69, 9.17) is 0 Å². The van der Waals surface area contributed by atoms with E-state index in [9.17, 15) is 9.59 Å². The topological polar surface area (TPSA) is 58.4 Å². The highest BCUT2D eigenvalue weighted by Gasteiger charge is 2.27. The first-order valence-corrected chi connectivity index (χ1v) is 8.23. The van der Waals surface area contributed by atoms with E-state index in [1.54, 1.807) is 22.0 Å². The molecule has 3 rings (SSSR count). The summed E-state index contributed by atoms with van der Waals surface area (Å²) < 4.78 is 1.80. The van der Waals surface area contributed by atoms with Crippen LogP contribution >= 0.6 is 0 Å². The number of carbonyl (C=O) groups excluding carboxylic acids is 2. The van der Waals surface area contributed by atoms with Crippen LogP contribution in [0.15, 0.2) is 42.9 Å². The van der Waals surface area contributed by atoms with Crippen molar-refractivity contribution in [2.45, 2.75) is 13.8 Å². The SMILES string of the molecule is CC(C)C(=O)N1CCN(C(=O)c2cncn2-c2ccccc2)CC1. The van der Waals surface area contributed by atoms with Gasteiger partial charge in [0, 0.05) is 37.8 Å². The Kier molecular flexibility index (Phi) is 4.64. The molecule has 0 radical (unpaired) electrons. The van der Waals surface area contributed by atoms with E-state index in [0.717, 1.165) is 5.69 Å². The molecule has 24 heavy (non-hydrogen) atoms. The number of benzene rings is 1. The Morgan fingerprint density at radius 1 is 1.00 bits per heavy atom. The molecule has 0 N–H and O–H groups in total. The van der Waals surface area contributed by atoms with Gasteiger partial charge in [-0.05, 0) is 12.1 Å². The molecule has 1 aromatic heterocycles. The van der Waals surface area contributed by atoms with E-state index in [1.807, 2.05) is 49.1 Å². The standard InChI is InChI=1S/C18H22N4O2/c1-14(2)17(23)20-8-10-21(11-9-20)18(24)16-12-19-13-22(16)15-6-4-3-5-7-15/h3-7,12-14H,8-11H2,1-2H3. The van der Waals surface area contributed by atoms with E-state index >= 15 is 0 Å². The van der Waals surface area contributed by atoms with E-state index in [2.05, 4.69) is 4.98 Å². The van der Waals surface area contributed by atoms with Crippen LogP contribution in [0.4, 0.5) is 0 Å². The van der Waals surface area contributed by atoms with Crippen molar-refractivity contribution in [1.29, 1.82) is 0 Å². The van der Waals surface area contributed by atoms with Crippen LogP contribution < -0.4 is 0 Å². The summed E-state index contributed by atoms with van der Waals surface area (Å²) in [4.78, 5) is 32.6. The minimum Gasteiger partial charge on any atom is -0.339 e. The highest BCUT2D eigenvalue weighted by atomic mass is 16.2. The van der Waals surface area contributed by atoms with Crippen molar-refractivity contribution in [2.75, 3.05) is 26.2 Å². The number of nitrogens with zero attached hydrogens (tertiary/aromatic N) is 4.